The maximum atomic E-state index is 13.1. The molecule has 1 amide bonds. The van der Waals surface area contributed by atoms with E-state index < -0.39 is 5.97 Å². The second-order valence-electron chi connectivity index (χ2n) is 9.89. The number of pyridine rings is 1. The number of carboxylic acids is 1. The molecule has 1 fully saturated rings. The van der Waals surface area contributed by atoms with E-state index in [-0.39, 0.29) is 17.5 Å². The van der Waals surface area contributed by atoms with Crippen LogP contribution in [0.5, 0.6) is 0 Å². The summed E-state index contributed by atoms with van der Waals surface area (Å²) in [6, 6.07) is 14.4. The lowest BCUT2D eigenvalue weighted by Gasteiger charge is -2.24. The van der Waals surface area contributed by atoms with Gasteiger partial charge in [-0.15, -0.1) is 0 Å². The van der Waals surface area contributed by atoms with Gasteiger partial charge in [0.1, 0.15) is 12.1 Å². The topological polar surface area (TPSA) is 124 Å². The van der Waals surface area contributed by atoms with Gasteiger partial charge >= 0.3 is 5.97 Å². The number of amides is 1. The van der Waals surface area contributed by atoms with Crippen molar-refractivity contribution in [2.75, 3.05) is 49.3 Å². The van der Waals surface area contributed by atoms with Gasteiger partial charge in [-0.2, -0.15) is 0 Å². The number of rotatable bonds is 9. The van der Waals surface area contributed by atoms with Crippen LogP contribution in [0.15, 0.2) is 67.3 Å². The van der Waals surface area contributed by atoms with E-state index in [2.05, 4.69) is 30.5 Å². The van der Waals surface area contributed by atoms with Gasteiger partial charge in [0.2, 0.25) is 0 Å². The number of likely N-dealkylation sites (N-methyl/N-ethyl adjacent to an activating group) is 1. The van der Waals surface area contributed by atoms with E-state index in [0.717, 1.165) is 37.2 Å². The molecule has 1 atom stereocenters. The summed E-state index contributed by atoms with van der Waals surface area (Å²) >= 11 is 0. The Balaban J connectivity index is 1.39. The van der Waals surface area contributed by atoms with Crippen molar-refractivity contribution in [2.24, 2.45) is 0 Å². The van der Waals surface area contributed by atoms with Gasteiger partial charge in [0.25, 0.3) is 5.91 Å². The summed E-state index contributed by atoms with van der Waals surface area (Å²) in [5.41, 5.74) is 3.57. The number of carboxylic acid groups (broad SMARTS) is 1. The molecule has 2 aromatic heterocycles. The number of hydrogen-bond donors (Lipinski definition) is 3. The van der Waals surface area contributed by atoms with E-state index in [9.17, 15) is 14.7 Å². The van der Waals surface area contributed by atoms with Gasteiger partial charge in [-0.3, -0.25) is 9.78 Å². The summed E-state index contributed by atoms with van der Waals surface area (Å²) < 4.78 is 0. The molecule has 0 bridgehead atoms. The van der Waals surface area contributed by atoms with Crippen LogP contribution in [0.1, 0.15) is 45.2 Å². The van der Waals surface area contributed by atoms with E-state index >= 15 is 0 Å². The molecule has 1 aliphatic heterocycles. The molecular formula is C29H31N7O3. The molecule has 3 N–H and O–H groups in total. The Morgan fingerprint density at radius 3 is 2.62 bits per heavy atom. The number of nitrogens with one attached hydrogen (secondary N) is 2. The molecule has 10 heteroatoms. The molecule has 1 aliphatic rings. The number of aromatic carboxylic acids is 1. The van der Waals surface area contributed by atoms with Crippen molar-refractivity contribution >= 4 is 40.0 Å². The van der Waals surface area contributed by atoms with Crippen molar-refractivity contribution in [1.82, 2.24) is 19.9 Å². The monoisotopic (exact) mass is 525 g/mol. The van der Waals surface area contributed by atoms with Gasteiger partial charge < -0.3 is 25.5 Å². The third kappa shape index (κ3) is 5.96. The van der Waals surface area contributed by atoms with Crippen LogP contribution in [-0.4, -0.2) is 70.6 Å². The first-order valence-electron chi connectivity index (χ1n) is 12.9. The van der Waals surface area contributed by atoms with Crippen LogP contribution in [0.25, 0.3) is 10.9 Å². The summed E-state index contributed by atoms with van der Waals surface area (Å²) in [6.45, 7) is 2.59. The highest BCUT2D eigenvalue weighted by atomic mass is 16.4. The Morgan fingerprint density at radius 1 is 1.05 bits per heavy atom. The number of aromatic nitrogens is 3. The summed E-state index contributed by atoms with van der Waals surface area (Å²) in [7, 11) is 3.95. The van der Waals surface area contributed by atoms with Gasteiger partial charge in [-0.05, 0) is 62.8 Å². The molecule has 1 saturated heterocycles. The number of para-hydroxylation sites is 1. The lowest BCUT2D eigenvalue weighted by molar-refractivity contribution is 0.0698. The number of fused-ring (bicyclic) bond motifs is 1. The highest BCUT2D eigenvalue weighted by molar-refractivity contribution is 6.05. The minimum atomic E-state index is -1.04. The van der Waals surface area contributed by atoms with E-state index in [4.69, 9.17) is 0 Å². The zero-order valence-electron chi connectivity index (χ0n) is 22.0. The van der Waals surface area contributed by atoms with E-state index in [1.807, 2.05) is 49.3 Å². The second-order valence-corrected chi connectivity index (χ2v) is 9.89. The molecule has 200 valence electrons. The standard InChI is InChI=1S/C29H31N7O3/c1-35(2)17-25(34-27-23-9-6-10-24(29(38)39)26(23)31-18-32-27)19-7-5-8-21(13-19)33-28(37)20-14-22(16-30-15-20)36-11-3-4-12-36/h5-10,13-16,18,25H,3-4,11-12,17H2,1-2H3,(H,33,37)(H,38,39)(H,31,32,34). The third-order valence-electron chi connectivity index (χ3n) is 6.76. The van der Waals surface area contributed by atoms with Crippen molar-refractivity contribution in [2.45, 2.75) is 18.9 Å². The average molecular weight is 526 g/mol. The van der Waals surface area contributed by atoms with Crippen molar-refractivity contribution in [1.29, 1.82) is 0 Å². The minimum absolute atomic E-state index is 0.120. The van der Waals surface area contributed by atoms with Gasteiger partial charge in [-0.25, -0.2) is 14.8 Å². The average Bonchev–Trinajstić information content (AvgIpc) is 3.48. The molecule has 1 unspecified atom stereocenters. The van der Waals surface area contributed by atoms with Crippen LogP contribution >= 0.6 is 0 Å². The fourth-order valence-corrected chi connectivity index (χ4v) is 4.88. The van der Waals surface area contributed by atoms with Gasteiger partial charge in [-0.1, -0.05) is 18.2 Å². The fraction of sp³-hybridized carbons (Fsp3) is 0.276. The first-order valence-corrected chi connectivity index (χ1v) is 12.9. The molecular weight excluding hydrogens is 494 g/mol. The van der Waals surface area contributed by atoms with Crippen molar-refractivity contribution < 1.29 is 14.7 Å². The number of benzene rings is 2. The predicted octanol–water partition coefficient (Wildman–Crippen LogP) is 4.29. The fourth-order valence-electron chi connectivity index (χ4n) is 4.88. The number of hydrogen-bond acceptors (Lipinski definition) is 8. The summed E-state index contributed by atoms with van der Waals surface area (Å²) in [5, 5.41) is 16.7. The highest BCUT2D eigenvalue weighted by Gasteiger charge is 2.19. The molecule has 2 aromatic carbocycles. The van der Waals surface area contributed by atoms with E-state index in [1.54, 1.807) is 24.5 Å². The molecule has 39 heavy (non-hydrogen) atoms. The summed E-state index contributed by atoms with van der Waals surface area (Å²) in [4.78, 5) is 42.0. The first-order chi connectivity index (χ1) is 18.9. The van der Waals surface area contributed by atoms with Crippen molar-refractivity contribution in [3.8, 4) is 0 Å². The molecule has 0 spiro atoms. The minimum Gasteiger partial charge on any atom is -0.478 e. The zero-order valence-corrected chi connectivity index (χ0v) is 22.0. The molecule has 3 heterocycles. The van der Waals surface area contributed by atoms with Gasteiger partial charge in [0, 0.05) is 36.9 Å². The molecule has 4 aromatic rings. The normalized spacial score (nSPS) is 14.0. The number of carbonyl (C=O) groups excluding carboxylic acids is 1. The van der Waals surface area contributed by atoms with Gasteiger partial charge in [0.15, 0.2) is 0 Å². The molecule has 5 rings (SSSR count). The van der Waals surface area contributed by atoms with Crippen molar-refractivity contribution in [3.63, 3.8) is 0 Å². The van der Waals surface area contributed by atoms with Crippen LogP contribution in [0.4, 0.5) is 17.2 Å². The quantitative estimate of drug-likeness (QED) is 0.294. The van der Waals surface area contributed by atoms with Crippen LogP contribution in [0, 0.1) is 0 Å². The summed E-state index contributed by atoms with van der Waals surface area (Å²) in [6.07, 6.45) is 7.05. The Labute approximate surface area is 226 Å². The highest BCUT2D eigenvalue weighted by Crippen LogP contribution is 2.28. The Hall–Kier alpha value is -4.57. The maximum Gasteiger partial charge on any atom is 0.337 e. The van der Waals surface area contributed by atoms with Crippen molar-refractivity contribution in [3.05, 3.63) is 83.9 Å². The SMILES string of the molecule is CN(C)CC(Nc1ncnc2c(C(=O)O)cccc12)c1cccc(NC(=O)c2cncc(N3CCCC3)c2)c1. The summed E-state index contributed by atoms with van der Waals surface area (Å²) in [5.74, 6) is -0.727. The lowest BCUT2D eigenvalue weighted by Crippen LogP contribution is -2.26. The molecule has 10 nitrogen and oxygen atoms in total. The van der Waals surface area contributed by atoms with Crippen LogP contribution in [0.2, 0.25) is 0 Å². The van der Waals surface area contributed by atoms with Gasteiger partial charge in [0.05, 0.1) is 34.6 Å². The Bertz CT molecular complexity index is 1500. The first kappa shape index (κ1) is 26.1. The molecule has 0 saturated carbocycles. The third-order valence-corrected chi connectivity index (χ3v) is 6.76. The smallest absolute Gasteiger partial charge is 0.337 e. The second kappa shape index (κ2) is 11.4. The van der Waals surface area contributed by atoms with E-state index in [1.165, 1.54) is 12.4 Å². The Kier molecular flexibility index (Phi) is 7.64. The molecule has 0 aliphatic carbocycles. The van der Waals surface area contributed by atoms with E-state index in [0.29, 0.717) is 34.5 Å². The van der Waals surface area contributed by atoms with Crippen LogP contribution in [-0.2, 0) is 0 Å². The number of carbonyl (C=O) groups is 2. The number of nitrogens with zero attached hydrogens (tertiary/aromatic N) is 5. The maximum absolute atomic E-state index is 13.1. The largest absolute Gasteiger partial charge is 0.478 e. The zero-order chi connectivity index (χ0) is 27.4. The van der Waals surface area contributed by atoms with Crippen LogP contribution < -0.4 is 15.5 Å². The van der Waals surface area contributed by atoms with Crippen LogP contribution in [0.3, 0.4) is 0 Å². The number of anilines is 3. The molecule has 0 radical (unpaired) electrons. The Morgan fingerprint density at radius 2 is 1.85 bits per heavy atom. The lowest BCUT2D eigenvalue weighted by atomic mass is 10.0. The predicted molar refractivity (Wildman–Crippen MR) is 151 cm³/mol.